The topological polar surface area (TPSA) is 86.8 Å². The van der Waals surface area contributed by atoms with Gasteiger partial charge < -0.3 is 10.2 Å². The Balaban J connectivity index is 1.79. The van der Waals surface area contributed by atoms with E-state index in [0.29, 0.717) is 10.7 Å². The van der Waals surface area contributed by atoms with E-state index in [0.717, 1.165) is 26.6 Å². The van der Waals surface area contributed by atoms with Crippen LogP contribution >= 0.6 is 11.6 Å². The summed E-state index contributed by atoms with van der Waals surface area (Å²) in [5, 5.41) is 3.08. The number of aryl methyl sites for hydroxylation is 2. The highest BCUT2D eigenvalue weighted by Gasteiger charge is 2.34. The largest absolute Gasteiger partial charge is 0.357 e. The van der Waals surface area contributed by atoms with Crippen LogP contribution in [0.15, 0.2) is 108 Å². The summed E-state index contributed by atoms with van der Waals surface area (Å²) in [5.74, 6) is -0.861. The lowest BCUT2D eigenvalue weighted by Gasteiger charge is -2.33. The highest BCUT2D eigenvalue weighted by atomic mass is 35.5. The van der Waals surface area contributed by atoms with Gasteiger partial charge in [-0.15, -0.1) is 0 Å². The van der Waals surface area contributed by atoms with Crippen molar-refractivity contribution in [3.05, 3.63) is 130 Å². The second kappa shape index (κ2) is 13.7. The molecule has 0 aromatic heterocycles. The van der Waals surface area contributed by atoms with Crippen molar-refractivity contribution in [1.29, 1.82) is 0 Å². The predicted molar refractivity (Wildman–Crippen MR) is 167 cm³/mol. The van der Waals surface area contributed by atoms with Crippen molar-refractivity contribution in [1.82, 2.24) is 10.2 Å². The molecule has 0 bridgehead atoms. The third-order valence-corrected chi connectivity index (χ3v) is 9.21. The summed E-state index contributed by atoms with van der Waals surface area (Å²) >= 11 is 6.04. The maximum Gasteiger partial charge on any atom is 0.264 e. The van der Waals surface area contributed by atoms with Gasteiger partial charge in [0.25, 0.3) is 10.0 Å². The maximum atomic E-state index is 14.3. The molecule has 4 aromatic carbocycles. The number of nitrogens with one attached hydrogen (secondary N) is 1. The SMILES string of the molecule is CNC(=O)[C@@H](Cc1ccccc1)N(Cc1ccccc1)C(=O)CN(c1ccc(C)c(C)c1)S(=O)(=O)c1ccc(Cl)cc1. The van der Waals surface area contributed by atoms with Gasteiger partial charge in [-0.05, 0) is 72.5 Å². The summed E-state index contributed by atoms with van der Waals surface area (Å²) < 4.78 is 29.2. The Bertz CT molecular complexity index is 1630. The highest BCUT2D eigenvalue weighted by Crippen LogP contribution is 2.27. The van der Waals surface area contributed by atoms with E-state index < -0.39 is 28.5 Å². The lowest BCUT2D eigenvalue weighted by atomic mass is 10.0. The Kier molecular flexibility index (Phi) is 10.0. The van der Waals surface area contributed by atoms with Crippen molar-refractivity contribution in [3.8, 4) is 0 Å². The minimum Gasteiger partial charge on any atom is -0.357 e. The van der Waals surface area contributed by atoms with Crippen LogP contribution in [-0.4, -0.2) is 44.8 Å². The molecule has 0 heterocycles. The van der Waals surface area contributed by atoms with Crippen LogP contribution in [0.25, 0.3) is 0 Å². The molecule has 4 rings (SSSR count). The average Bonchev–Trinajstić information content (AvgIpc) is 2.99. The number of carbonyl (C=O) groups is 2. The Labute approximate surface area is 252 Å². The van der Waals surface area contributed by atoms with E-state index in [1.165, 1.54) is 36.2 Å². The molecule has 0 saturated carbocycles. The predicted octanol–water partition coefficient (Wildman–Crippen LogP) is 5.54. The summed E-state index contributed by atoms with van der Waals surface area (Å²) in [6.07, 6.45) is 0.257. The van der Waals surface area contributed by atoms with E-state index in [1.807, 2.05) is 80.6 Å². The number of rotatable bonds is 11. The minimum atomic E-state index is -4.19. The maximum absolute atomic E-state index is 14.3. The third kappa shape index (κ3) is 7.38. The molecular formula is C33H34ClN3O4S. The van der Waals surface area contributed by atoms with E-state index in [-0.39, 0.29) is 23.8 Å². The zero-order valence-electron chi connectivity index (χ0n) is 23.8. The van der Waals surface area contributed by atoms with Gasteiger partial charge in [0, 0.05) is 25.0 Å². The van der Waals surface area contributed by atoms with Gasteiger partial charge in [0.05, 0.1) is 10.6 Å². The number of benzene rings is 4. The van der Waals surface area contributed by atoms with Crippen LogP contribution in [0.2, 0.25) is 5.02 Å². The average molecular weight is 604 g/mol. The standard InChI is InChI=1S/C33H34ClN3O4S/c1-24-14-17-29(20-25(24)2)37(42(40,41)30-18-15-28(34)16-19-30)23-32(38)36(22-27-12-8-5-9-13-27)31(33(39)35-3)21-26-10-6-4-7-11-26/h4-20,31H,21-23H2,1-3H3,(H,35,39)/t31-/m1/s1. The molecule has 0 fully saturated rings. The molecule has 0 spiro atoms. The highest BCUT2D eigenvalue weighted by molar-refractivity contribution is 7.92. The normalized spacial score (nSPS) is 11.9. The first-order valence-corrected chi connectivity index (χ1v) is 15.4. The Morgan fingerprint density at radius 1 is 0.810 bits per heavy atom. The van der Waals surface area contributed by atoms with Crippen LogP contribution in [0.5, 0.6) is 0 Å². The van der Waals surface area contributed by atoms with E-state index in [9.17, 15) is 18.0 Å². The van der Waals surface area contributed by atoms with Crippen LogP contribution in [0.4, 0.5) is 5.69 Å². The molecule has 2 amide bonds. The minimum absolute atomic E-state index is 0.000302. The van der Waals surface area contributed by atoms with Gasteiger partial charge in [-0.25, -0.2) is 8.42 Å². The Morgan fingerprint density at radius 3 is 1.98 bits per heavy atom. The van der Waals surface area contributed by atoms with E-state index >= 15 is 0 Å². The van der Waals surface area contributed by atoms with Crippen LogP contribution in [0, 0.1) is 13.8 Å². The summed E-state index contributed by atoms with van der Waals surface area (Å²) in [5.41, 5.74) is 3.90. The van der Waals surface area contributed by atoms with Crippen LogP contribution in [0.1, 0.15) is 22.3 Å². The smallest absolute Gasteiger partial charge is 0.264 e. The molecule has 1 atom stereocenters. The fourth-order valence-electron chi connectivity index (χ4n) is 4.64. The van der Waals surface area contributed by atoms with Crippen molar-refractivity contribution in [2.75, 3.05) is 17.9 Å². The van der Waals surface area contributed by atoms with Crippen molar-refractivity contribution < 1.29 is 18.0 Å². The van der Waals surface area contributed by atoms with Gasteiger partial charge in [-0.3, -0.25) is 13.9 Å². The number of amides is 2. The van der Waals surface area contributed by atoms with Crippen LogP contribution in [-0.2, 0) is 32.6 Å². The third-order valence-electron chi connectivity index (χ3n) is 7.17. The number of halogens is 1. The van der Waals surface area contributed by atoms with Crippen LogP contribution in [0.3, 0.4) is 0 Å². The molecule has 7 nitrogen and oxygen atoms in total. The summed E-state index contributed by atoms with van der Waals surface area (Å²) in [6, 6.07) is 29.0. The monoisotopic (exact) mass is 603 g/mol. The van der Waals surface area contributed by atoms with Gasteiger partial charge >= 0.3 is 0 Å². The summed E-state index contributed by atoms with van der Waals surface area (Å²) in [7, 11) is -2.66. The van der Waals surface area contributed by atoms with Gasteiger partial charge in [0.1, 0.15) is 12.6 Å². The van der Waals surface area contributed by atoms with Gasteiger partial charge in [-0.1, -0.05) is 78.3 Å². The van der Waals surface area contributed by atoms with E-state index in [2.05, 4.69) is 5.32 Å². The number of nitrogens with zero attached hydrogens (tertiary/aromatic N) is 2. The Hall–Kier alpha value is -4.14. The lowest BCUT2D eigenvalue weighted by molar-refractivity contribution is -0.139. The van der Waals surface area contributed by atoms with E-state index in [4.69, 9.17) is 11.6 Å². The van der Waals surface area contributed by atoms with Gasteiger partial charge in [-0.2, -0.15) is 0 Å². The number of hydrogen-bond donors (Lipinski definition) is 1. The molecule has 0 aliphatic heterocycles. The van der Waals surface area contributed by atoms with Gasteiger partial charge in [0.15, 0.2) is 0 Å². The fraction of sp³-hybridized carbons (Fsp3) is 0.212. The number of likely N-dealkylation sites (N-methyl/N-ethyl adjacent to an activating group) is 1. The molecule has 9 heteroatoms. The number of hydrogen-bond acceptors (Lipinski definition) is 4. The first kappa shape index (κ1) is 30.8. The zero-order valence-corrected chi connectivity index (χ0v) is 25.4. The zero-order chi connectivity index (χ0) is 30.3. The van der Waals surface area contributed by atoms with Crippen molar-refractivity contribution in [3.63, 3.8) is 0 Å². The van der Waals surface area contributed by atoms with Crippen molar-refractivity contribution in [2.24, 2.45) is 0 Å². The molecule has 0 saturated heterocycles. The van der Waals surface area contributed by atoms with Crippen molar-refractivity contribution >= 4 is 39.1 Å². The number of carbonyl (C=O) groups excluding carboxylic acids is 2. The van der Waals surface area contributed by atoms with Gasteiger partial charge in [0.2, 0.25) is 11.8 Å². The summed E-state index contributed by atoms with van der Waals surface area (Å²) in [4.78, 5) is 29.0. The lowest BCUT2D eigenvalue weighted by Crippen LogP contribution is -2.53. The first-order valence-electron chi connectivity index (χ1n) is 13.5. The van der Waals surface area contributed by atoms with Crippen molar-refractivity contribution in [2.45, 2.75) is 37.8 Å². The van der Waals surface area contributed by atoms with E-state index in [1.54, 1.807) is 12.1 Å². The number of sulfonamides is 1. The fourth-order valence-corrected chi connectivity index (χ4v) is 6.18. The van der Waals surface area contributed by atoms with Crippen LogP contribution < -0.4 is 9.62 Å². The molecular weight excluding hydrogens is 570 g/mol. The number of anilines is 1. The molecule has 0 unspecified atom stereocenters. The molecule has 4 aromatic rings. The quantitative estimate of drug-likeness (QED) is 0.244. The molecule has 0 aliphatic rings. The molecule has 1 N–H and O–H groups in total. The summed E-state index contributed by atoms with van der Waals surface area (Å²) in [6.45, 7) is 3.42. The Morgan fingerprint density at radius 2 is 1.40 bits per heavy atom. The molecule has 218 valence electrons. The first-order chi connectivity index (χ1) is 20.1. The second-order valence-electron chi connectivity index (χ2n) is 10.1. The molecule has 42 heavy (non-hydrogen) atoms. The molecule has 0 radical (unpaired) electrons. The molecule has 0 aliphatic carbocycles. The second-order valence-corrected chi connectivity index (χ2v) is 12.4.